The molecule has 0 spiro atoms. The Kier molecular flexibility index (Phi) is 8.14. The van der Waals surface area contributed by atoms with Crippen LogP contribution in [0, 0.1) is 0 Å². The first-order valence-electron chi connectivity index (χ1n) is 10.1. The molecule has 0 saturated carbocycles. The topological polar surface area (TPSA) is 66.5 Å². The van der Waals surface area contributed by atoms with Crippen molar-refractivity contribution in [2.24, 2.45) is 0 Å². The standard InChI is InChI=1S/C24H26N2O3S2/c1-2-20-11-9-10-16-23(20)26(31(28,29)22-14-7-4-8-15-22)19-24(27)25-17-18-30-21-12-5-3-6-13-21/h3-16H,2,17-19H2,1H3,(H,25,27). The smallest absolute Gasteiger partial charge is 0.264 e. The maximum absolute atomic E-state index is 13.4. The molecule has 3 aromatic rings. The quantitative estimate of drug-likeness (QED) is 0.365. The summed E-state index contributed by atoms with van der Waals surface area (Å²) < 4.78 is 28.0. The molecule has 0 heterocycles. The molecular weight excluding hydrogens is 428 g/mol. The second-order valence-corrected chi connectivity index (χ2v) is 9.85. The summed E-state index contributed by atoms with van der Waals surface area (Å²) in [6, 6.07) is 25.4. The number of sulfonamides is 1. The molecule has 0 unspecified atom stereocenters. The number of hydrogen-bond acceptors (Lipinski definition) is 4. The number of carbonyl (C=O) groups is 1. The van der Waals surface area contributed by atoms with Crippen LogP contribution >= 0.6 is 11.8 Å². The monoisotopic (exact) mass is 454 g/mol. The molecule has 3 rings (SSSR count). The molecular formula is C24H26N2O3S2. The minimum atomic E-state index is -3.89. The molecule has 0 radical (unpaired) electrons. The summed E-state index contributed by atoms with van der Waals surface area (Å²) in [5.74, 6) is 0.367. The van der Waals surface area contributed by atoms with Gasteiger partial charge in [0.2, 0.25) is 5.91 Å². The van der Waals surface area contributed by atoms with Crippen LogP contribution in [-0.4, -0.2) is 33.2 Å². The van der Waals surface area contributed by atoms with Gasteiger partial charge in [-0.2, -0.15) is 0 Å². The van der Waals surface area contributed by atoms with Crippen LogP contribution in [0.5, 0.6) is 0 Å². The number of rotatable bonds is 10. The fraction of sp³-hybridized carbons (Fsp3) is 0.208. The molecule has 7 heteroatoms. The van der Waals surface area contributed by atoms with E-state index in [-0.39, 0.29) is 17.3 Å². The molecule has 0 aromatic heterocycles. The van der Waals surface area contributed by atoms with Gasteiger partial charge in [-0.1, -0.05) is 61.5 Å². The van der Waals surface area contributed by atoms with Gasteiger partial charge in [-0.05, 0) is 42.3 Å². The number of benzene rings is 3. The molecule has 0 aliphatic carbocycles. The number of aryl methyl sites for hydroxylation is 1. The highest BCUT2D eigenvalue weighted by atomic mass is 32.2. The molecule has 1 N–H and O–H groups in total. The Morgan fingerprint density at radius 1 is 0.903 bits per heavy atom. The Labute approximate surface area is 188 Å². The van der Waals surface area contributed by atoms with Crippen LogP contribution in [0.1, 0.15) is 12.5 Å². The third-order valence-corrected chi connectivity index (χ3v) is 7.48. The van der Waals surface area contributed by atoms with Gasteiger partial charge in [-0.25, -0.2) is 8.42 Å². The van der Waals surface area contributed by atoms with Crippen LogP contribution in [-0.2, 0) is 21.2 Å². The minimum absolute atomic E-state index is 0.160. The van der Waals surface area contributed by atoms with E-state index in [1.807, 2.05) is 49.4 Å². The van der Waals surface area contributed by atoms with E-state index in [1.54, 1.807) is 54.2 Å². The van der Waals surface area contributed by atoms with Gasteiger partial charge in [0.25, 0.3) is 10.0 Å². The van der Waals surface area contributed by atoms with E-state index < -0.39 is 10.0 Å². The predicted molar refractivity (Wildman–Crippen MR) is 127 cm³/mol. The molecule has 1 amide bonds. The average Bonchev–Trinajstić information content (AvgIpc) is 2.81. The fourth-order valence-electron chi connectivity index (χ4n) is 3.13. The third-order valence-electron chi connectivity index (χ3n) is 4.70. The number of thioether (sulfide) groups is 1. The van der Waals surface area contributed by atoms with Crippen LogP contribution in [0.2, 0.25) is 0 Å². The van der Waals surface area contributed by atoms with Crippen molar-refractivity contribution in [3.8, 4) is 0 Å². The minimum Gasteiger partial charge on any atom is -0.354 e. The highest BCUT2D eigenvalue weighted by Crippen LogP contribution is 2.27. The second kappa shape index (κ2) is 11.0. The normalized spacial score (nSPS) is 11.1. The van der Waals surface area contributed by atoms with Gasteiger partial charge >= 0.3 is 0 Å². The SMILES string of the molecule is CCc1ccccc1N(CC(=O)NCCSc1ccccc1)S(=O)(=O)c1ccccc1. The number of amides is 1. The van der Waals surface area contributed by atoms with Crippen molar-refractivity contribution >= 4 is 33.4 Å². The van der Waals surface area contributed by atoms with Crippen LogP contribution in [0.15, 0.2) is 94.7 Å². The highest BCUT2D eigenvalue weighted by Gasteiger charge is 2.28. The van der Waals surface area contributed by atoms with Gasteiger partial charge in [-0.15, -0.1) is 11.8 Å². The fourth-order valence-corrected chi connectivity index (χ4v) is 5.40. The Hall–Kier alpha value is -2.77. The van der Waals surface area contributed by atoms with Crippen LogP contribution in [0.25, 0.3) is 0 Å². The van der Waals surface area contributed by atoms with Crippen molar-refractivity contribution in [1.29, 1.82) is 0 Å². The Bertz CT molecular complexity index is 1090. The first-order chi connectivity index (χ1) is 15.0. The lowest BCUT2D eigenvalue weighted by molar-refractivity contribution is -0.119. The molecule has 0 fully saturated rings. The highest BCUT2D eigenvalue weighted by molar-refractivity contribution is 7.99. The zero-order valence-corrected chi connectivity index (χ0v) is 19.0. The van der Waals surface area contributed by atoms with Gasteiger partial charge in [0, 0.05) is 17.2 Å². The van der Waals surface area contributed by atoms with Crippen molar-refractivity contribution in [1.82, 2.24) is 5.32 Å². The molecule has 3 aromatic carbocycles. The lowest BCUT2D eigenvalue weighted by Gasteiger charge is -2.26. The van der Waals surface area contributed by atoms with Crippen molar-refractivity contribution in [3.63, 3.8) is 0 Å². The van der Waals surface area contributed by atoms with Crippen LogP contribution < -0.4 is 9.62 Å². The number of carbonyl (C=O) groups excluding carboxylic acids is 1. The number of nitrogens with zero attached hydrogens (tertiary/aromatic N) is 1. The zero-order valence-electron chi connectivity index (χ0n) is 17.4. The number of nitrogens with one attached hydrogen (secondary N) is 1. The zero-order chi connectivity index (χ0) is 22.1. The molecule has 5 nitrogen and oxygen atoms in total. The number of para-hydroxylation sites is 1. The first kappa shape index (κ1) is 22.9. The van der Waals surface area contributed by atoms with Crippen molar-refractivity contribution in [2.75, 3.05) is 23.1 Å². The lowest BCUT2D eigenvalue weighted by Crippen LogP contribution is -2.41. The lowest BCUT2D eigenvalue weighted by atomic mass is 10.1. The molecule has 0 aliphatic heterocycles. The van der Waals surface area contributed by atoms with E-state index in [0.29, 0.717) is 24.4 Å². The van der Waals surface area contributed by atoms with Crippen molar-refractivity contribution < 1.29 is 13.2 Å². The Balaban J connectivity index is 1.75. The molecule has 162 valence electrons. The summed E-state index contributed by atoms with van der Waals surface area (Å²) in [6.45, 7) is 2.14. The van der Waals surface area contributed by atoms with E-state index >= 15 is 0 Å². The van der Waals surface area contributed by atoms with E-state index in [4.69, 9.17) is 0 Å². The molecule has 0 bridgehead atoms. The maximum Gasteiger partial charge on any atom is 0.264 e. The summed E-state index contributed by atoms with van der Waals surface area (Å²) in [4.78, 5) is 14.0. The Morgan fingerprint density at radius 3 is 2.19 bits per heavy atom. The van der Waals surface area contributed by atoms with E-state index in [2.05, 4.69) is 5.32 Å². The van der Waals surface area contributed by atoms with Gasteiger partial charge in [0.05, 0.1) is 10.6 Å². The van der Waals surface area contributed by atoms with E-state index in [1.165, 1.54) is 4.31 Å². The number of hydrogen-bond donors (Lipinski definition) is 1. The van der Waals surface area contributed by atoms with Crippen molar-refractivity contribution in [2.45, 2.75) is 23.1 Å². The first-order valence-corrected chi connectivity index (χ1v) is 12.5. The molecule has 0 atom stereocenters. The summed E-state index contributed by atoms with van der Waals surface area (Å²) in [5, 5.41) is 2.85. The molecule has 0 aliphatic rings. The second-order valence-electron chi connectivity index (χ2n) is 6.82. The molecule has 0 saturated heterocycles. The molecule has 31 heavy (non-hydrogen) atoms. The summed E-state index contributed by atoms with van der Waals surface area (Å²) in [7, 11) is -3.89. The predicted octanol–water partition coefficient (Wildman–Crippen LogP) is 4.35. The Morgan fingerprint density at radius 2 is 1.52 bits per heavy atom. The van der Waals surface area contributed by atoms with E-state index in [0.717, 1.165) is 10.5 Å². The summed E-state index contributed by atoms with van der Waals surface area (Å²) in [5.41, 5.74) is 1.40. The van der Waals surface area contributed by atoms with Gasteiger partial charge in [-0.3, -0.25) is 9.10 Å². The van der Waals surface area contributed by atoms with Crippen LogP contribution in [0.3, 0.4) is 0 Å². The van der Waals surface area contributed by atoms with Gasteiger partial charge in [0.1, 0.15) is 6.54 Å². The van der Waals surface area contributed by atoms with Crippen molar-refractivity contribution in [3.05, 3.63) is 90.5 Å². The summed E-state index contributed by atoms with van der Waals surface area (Å²) in [6.07, 6.45) is 0.659. The van der Waals surface area contributed by atoms with Gasteiger partial charge in [0.15, 0.2) is 0 Å². The van der Waals surface area contributed by atoms with Crippen LogP contribution in [0.4, 0.5) is 5.69 Å². The maximum atomic E-state index is 13.4. The number of anilines is 1. The summed E-state index contributed by atoms with van der Waals surface area (Å²) >= 11 is 1.64. The largest absolute Gasteiger partial charge is 0.354 e. The van der Waals surface area contributed by atoms with Gasteiger partial charge < -0.3 is 5.32 Å². The van der Waals surface area contributed by atoms with E-state index in [9.17, 15) is 13.2 Å². The third kappa shape index (κ3) is 6.12. The average molecular weight is 455 g/mol.